The number of rotatable bonds is 1. The highest BCUT2D eigenvalue weighted by Gasteiger charge is 2.10. The number of amides is 1. The van der Waals surface area contributed by atoms with Gasteiger partial charge in [0, 0.05) is 6.42 Å². The molecule has 1 amide bonds. The van der Waals surface area contributed by atoms with E-state index in [1.807, 2.05) is 30.3 Å². The molecule has 0 aliphatic carbocycles. The van der Waals surface area contributed by atoms with Gasteiger partial charge in [-0.2, -0.15) is 5.10 Å². The molecule has 1 aliphatic heterocycles. The van der Waals surface area contributed by atoms with E-state index >= 15 is 0 Å². The Kier molecular flexibility index (Phi) is 2.58. The third-order valence-electron chi connectivity index (χ3n) is 2.24. The Morgan fingerprint density at radius 3 is 2.71 bits per heavy atom. The van der Waals surface area contributed by atoms with Gasteiger partial charge in [-0.05, 0) is 18.4 Å². The molecule has 3 nitrogen and oxygen atoms in total. The van der Waals surface area contributed by atoms with Crippen molar-refractivity contribution in [3.8, 4) is 0 Å². The van der Waals surface area contributed by atoms with Gasteiger partial charge in [-0.15, -0.1) is 0 Å². The van der Waals surface area contributed by atoms with Crippen molar-refractivity contribution in [1.82, 2.24) is 5.43 Å². The molecule has 1 heterocycles. The van der Waals surface area contributed by atoms with Crippen LogP contribution in [0.15, 0.2) is 35.4 Å². The van der Waals surface area contributed by atoms with E-state index in [1.165, 1.54) is 0 Å². The second kappa shape index (κ2) is 4.05. The Balaban J connectivity index is 2.22. The molecule has 14 heavy (non-hydrogen) atoms. The fourth-order valence-corrected chi connectivity index (χ4v) is 1.50. The summed E-state index contributed by atoms with van der Waals surface area (Å²) in [4.78, 5) is 11.0. The first-order valence-electron chi connectivity index (χ1n) is 4.77. The molecule has 0 bridgehead atoms. The fraction of sp³-hybridized carbons (Fsp3) is 0.273. The molecular weight excluding hydrogens is 176 g/mol. The third-order valence-corrected chi connectivity index (χ3v) is 2.24. The van der Waals surface area contributed by atoms with Gasteiger partial charge in [0.25, 0.3) is 0 Å². The number of hydrogen-bond acceptors (Lipinski definition) is 2. The van der Waals surface area contributed by atoms with Crippen molar-refractivity contribution in [3.05, 3.63) is 35.9 Å². The molecule has 3 heteroatoms. The zero-order valence-corrected chi connectivity index (χ0v) is 7.86. The molecule has 0 spiro atoms. The molecule has 0 fully saturated rings. The molecule has 1 aromatic rings. The summed E-state index contributed by atoms with van der Waals surface area (Å²) in [6.45, 7) is 0. The van der Waals surface area contributed by atoms with Crippen molar-refractivity contribution in [2.24, 2.45) is 5.10 Å². The maximum atomic E-state index is 11.0. The van der Waals surface area contributed by atoms with Crippen LogP contribution in [-0.2, 0) is 4.79 Å². The maximum Gasteiger partial charge on any atom is 0.240 e. The van der Waals surface area contributed by atoms with Crippen LogP contribution in [0.1, 0.15) is 24.8 Å². The number of nitrogens with one attached hydrogen (secondary N) is 1. The molecule has 0 saturated carbocycles. The van der Waals surface area contributed by atoms with Crippen LogP contribution in [0.5, 0.6) is 0 Å². The predicted octanol–water partition coefficient (Wildman–Crippen LogP) is 1.69. The molecule has 0 unspecified atom stereocenters. The minimum Gasteiger partial charge on any atom is -0.273 e. The average molecular weight is 188 g/mol. The lowest BCUT2D eigenvalue weighted by Crippen LogP contribution is -2.15. The summed E-state index contributed by atoms with van der Waals surface area (Å²) in [5.41, 5.74) is 4.60. The van der Waals surface area contributed by atoms with Gasteiger partial charge in [-0.1, -0.05) is 30.3 Å². The van der Waals surface area contributed by atoms with E-state index in [-0.39, 0.29) is 5.91 Å². The average Bonchev–Trinajstić information content (AvgIpc) is 2.44. The Labute approximate surface area is 82.8 Å². The normalized spacial score (nSPS) is 16.9. The second-order valence-electron chi connectivity index (χ2n) is 3.31. The van der Waals surface area contributed by atoms with Gasteiger partial charge in [-0.25, -0.2) is 5.43 Å². The molecule has 0 saturated heterocycles. The topological polar surface area (TPSA) is 41.5 Å². The van der Waals surface area contributed by atoms with Crippen LogP contribution in [0.3, 0.4) is 0 Å². The monoisotopic (exact) mass is 188 g/mol. The Morgan fingerprint density at radius 2 is 1.93 bits per heavy atom. The summed E-state index contributed by atoms with van der Waals surface area (Å²) in [6.07, 6.45) is 2.31. The van der Waals surface area contributed by atoms with Gasteiger partial charge >= 0.3 is 0 Å². The molecule has 2 rings (SSSR count). The highest BCUT2D eigenvalue weighted by Crippen LogP contribution is 2.10. The van der Waals surface area contributed by atoms with Gasteiger partial charge in [0.15, 0.2) is 0 Å². The van der Waals surface area contributed by atoms with E-state index in [9.17, 15) is 4.79 Å². The first kappa shape index (κ1) is 8.94. The third kappa shape index (κ3) is 1.99. The van der Waals surface area contributed by atoms with Crippen LogP contribution in [0, 0.1) is 0 Å². The SMILES string of the molecule is O=C1CCCC(c2ccccc2)=NN1. The number of hydrazone groups is 1. The first-order valence-corrected chi connectivity index (χ1v) is 4.77. The van der Waals surface area contributed by atoms with E-state index in [1.54, 1.807) is 0 Å². The van der Waals surface area contributed by atoms with Crippen LogP contribution in [0.4, 0.5) is 0 Å². The van der Waals surface area contributed by atoms with Crippen molar-refractivity contribution >= 4 is 11.6 Å². The molecule has 1 N–H and O–H groups in total. The summed E-state index contributed by atoms with van der Waals surface area (Å²) in [6, 6.07) is 9.95. The number of hydrogen-bond donors (Lipinski definition) is 1. The highest BCUT2D eigenvalue weighted by atomic mass is 16.2. The van der Waals surface area contributed by atoms with Crippen LogP contribution in [0.2, 0.25) is 0 Å². The standard InChI is InChI=1S/C11H12N2O/c14-11-8-4-7-10(12-13-11)9-5-2-1-3-6-9/h1-3,5-6H,4,7-8H2,(H,13,14). The van der Waals surface area contributed by atoms with Crippen molar-refractivity contribution < 1.29 is 4.79 Å². The van der Waals surface area contributed by atoms with Crippen LogP contribution < -0.4 is 5.43 Å². The predicted molar refractivity (Wildman–Crippen MR) is 55.0 cm³/mol. The van der Waals surface area contributed by atoms with E-state index in [2.05, 4.69) is 10.5 Å². The number of carbonyl (C=O) groups is 1. The zero-order valence-electron chi connectivity index (χ0n) is 7.86. The largest absolute Gasteiger partial charge is 0.273 e. The van der Waals surface area contributed by atoms with Gasteiger partial charge in [-0.3, -0.25) is 4.79 Å². The lowest BCUT2D eigenvalue weighted by molar-refractivity contribution is -0.120. The molecule has 72 valence electrons. The van der Waals surface area contributed by atoms with Gasteiger partial charge in [0.2, 0.25) is 5.91 Å². The Morgan fingerprint density at radius 1 is 1.14 bits per heavy atom. The summed E-state index contributed by atoms with van der Waals surface area (Å²) < 4.78 is 0. The fourth-order valence-electron chi connectivity index (χ4n) is 1.50. The minimum atomic E-state index is 0.0101. The van der Waals surface area contributed by atoms with Crippen LogP contribution in [-0.4, -0.2) is 11.6 Å². The molecular formula is C11H12N2O. The second-order valence-corrected chi connectivity index (χ2v) is 3.31. The summed E-state index contributed by atoms with van der Waals surface area (Å²) in [7, 11) is 0. The zero-order chi connectivity index (χ0) is 9.80. The number of carbonyl (C=O) groups excluding carboxylic acids is 1. The smallest absolute Gasteiger partial charge is 0.240 e. The van der Waals surface area contributed by atoms with Gasteiger partial charge in [0.05, 0.1) is 5.71 Å². The van der Waals surface area contributed by atoms with E-state index in [0.29, 0.717) is 6.42 Å². The van der Waals surface area contributed by atoms with E-state index < -0.39 is 0 Å². The number of benzene rings is 1. The van der Waals surface area contributed by atoms with E-state index in [0.717, 1.165) is 24.1 Å². The van der Waals surface area contributed by atoms with Crippen molar-refractivity contribution in [2.45, 2.75) is 19.3 Å². The lowest BCUT2D eigenvalue weighted by atomic mass is 10.1. The van der Waals surface area contributed by atoms with Crippen molar-refractivity contribution in [3.63, 3.8) is 0 Å². The van der Waals surface area contributed by atoms with Gasteiger partial charge < -0.3 is 0 Å². The van der Waals surface area contributed by atoms with Crippen LogP contribution >= 0.6 is 0 Å². The quantitative estimate of drug-likeness (QED) is 0.716. The molecule has 0 atom stereocenters. The first-order chi connectivity index (χ1) is 6.86. The maximum absolute atomic E-state index is 11.0. The molecule has 0 aromatic heterocycles. The highest BCUT2D eigenvalue weighted by molar-refractivity contribution is 6.01. The minimum absolute atomic E-state index is 0.0101. The molecule has 1 aromatic carbocycles. The summed E-state index contributed by atoms with van der Waals surface area (Å²) >= 11 is 0. The van der Waals surface area contributed by atoms with Gasteiger partial charge in [0.1, 0.15) is 0 Å². The van der Waals surface area contributed by atoms with E-state index in [4.69, 9.17) is 0 Å². The lowest BCUT2D eigenvalue weighted by Gasteiger charge is -2.01. The summed E-state index contributed by atoms with van der Waals surface area (Å²) in [5, 5.41) is 4.09. The van der Waals surface area contributed by atoms with Crippen molar-refractivity contribution in [2.75, 3.05) is 0 Å². The number of nitrogens with zero attached hydrogens (tertiary/aromatic N) is 1. The van der Waals surface area contributed by atoms with Crippen molar-refractivity contribution in [1.29, 1.82) is 0 Å². The molecule has 0 radical (unpaired) electrons. The Bertz CT molecular complexity index is 357. The molecule has 1 aliphatic rings. The Hall–Kier alpha value is -1.64. The van der Waals surface area contributed by atoms with Crippen LogP contribution in [0.25, 0.3) is 0 Å². The summed E-state index contributed by atoms with van der Waals surface area (Å²) in [5.74, 6) is 0.0101.